The largest absolute Gasteiger partial charge is 0.388 e. The lowest BCUT2D eigenvalue weighted by atomic mass is 10.1. The molecule has 72 valence electrons. The second-order valence-electron chi connectivity index (χ2n) is 3.27. The summed E-state index contributed by atoms with van der Waals surface area (Å²) in [5, 5.41) is 9.64. The van der Waals surface area contributed by atoms with Crippen LogP contribution >= 0.6 is 11.6 Å². The van der Waals surface area contributed by atoms with E-state index in [2.05, 4.69) is 4.98 Å². The van der Waals surface area contributed by atoms with Crippen LogP contribution in [-0.4, -0.2) is 15.5 Å². The van der Waals surface area contributed by atoms with Crippen molar-refractivity contribution in [2.24, 2.45) is 0 Å². The molecule has 1 aromatic rings. The average Bonchev–Trinajstić information content (AvgIpc) is 2.04. The molecule has 0 aliphatic carbocycles. The average molecular weight is 200 g/mol. The third kappa shape index (κ3) is 3.33. The smallest absolute Gasteiger partial charge is 0.0818 e. The molecule has 0 fully saturated rings. The van der Waals surface area contributed by atoms with Gasteiger partial charge in [0.25, 0.3) is 0 Å². The Labute approximate surface area is 83.6 Å². The fourth-order valence-corrected chi connectivity index (χ4v) is 1.29. The lowest BCUT2D eigenvalue weighted by Crippen LogP contribution is -2.04. The van der Waals surface area contributed by atoms with Crippen molar-refractivity contribution in [3.8, 4) is 0 Å². The molecule has 1 N–H and O–H groups in total. The molecule has 0 saturated carbocycles. The summed E-state index contributed by atoms with van der Waals surface area (Å²) in [4.78, 5) is 4.10. The molecule has 0 radical (unpaired) electrons. The minimum atomic E-state index is -0.499. The zero-order valence-electron chi connectivity index (χ0n) is 7.87. The summed E-state index contributed by atoms with van der Waals surface area (Å²) in [6.07, 6.45) is 1.76. The van der Waals surface area contributed by atoms with E-state index in [-0.39, 0.29) is 5.38 Å². The van der Waals surface area contributed by atoms with Crippen molar-refractivity contribution in [1.29, 1.82) is 0 Å². The molecule has 0 bridgehead atoms. The lowest BCUT2D eigenvalue weighted by Gasteiger charge is -2.11. The highest BCUT2D eigenvalue weighted by Crippen LogP contribution is 2.19. The van der Waals surface area contributed by atoms with Crippen LogP contribution in [0.25, 0.3) is 0 Å². The van der Waals surface area contributed by atoms with Crippen LogP contribution in [0, 0.1) is 6.92 Å². The number of pyridine rings is 1. The topological polar surface area (TPSA) is 33.1 Å². The summed E-state index contributed by atoms with van der Waals surface area (Å²) in [6, 6.07) is 3.77. The Morgan fingerprint density at radius 3 is 2.69 bits per heavy atom. The first-order valence-corrected chi connectivity index (χ1v) is 4.78. The summed E-state index contributed by atoms with van der Waals surface area (Å²) in [5.74, 6) is 0. The van der Waals surface area contributed by atoms with Crippen molar-refractivity contribution < 1.29 is 5.11 Å². The van der Waals surface area contributed by atoms with Crippen LogP contribution in [0.2, 0.25) is 0 Å². The Bertz CT molecular complexity index is 258. The number of aryl methyl sites for hydroxylation is 1. The van der Waals surface area contributed by atoms with Gasteiger partial charge in [0.05, 0.1) is 6.10 Å². The lowest BCUT2D eigenvalue weighted by molar-refractivity contribution is 0.167. The minimum Gasteiger partial charge on any atom is -0.388 e. The van der Waals surface area contributed by atoms with E-state index in [0.29, 0.717) is 6.42 Å². The van der Waals surface area contributed by atoms with Crippen molar-refractivity contribution in [1.82, 2.24) is 4.98 Å². The van der Waals surface area contributed by atoms with Gasteiger partial charge in [-0.1, -0.05) is 6.07 Å². The zero-order chi connectivity index (χ0) is 9.84. The molecule has 2 unspecified atom stereocenters. The van der Waals surface area contributed by atoms with Crippen molar-refractivity contribution >= 4 is 11.6 Å². The van der Waals surface area contributed by atoms with Crippen molar-refractivity contribution in [2.45, 2.75) is 31.7 Å². The maximum atomic E-state index is 9.66. The van der Waals surface area contributed by atoms with Gasteiger partial charge in [-0.3, -0.25) is 4.98 Å². The maximum absolute atomic E-state index is 9.66. The third-order valence-corrected chi connectivity index (χ3v) is 2.05. The van der Waals surface area contributed by atoms with Gasteiger partial charge in [0.1, 0.15) is 0 Å². The van der Waals surface area contributed by atoms with E-state index >= 15 is 0 Å². The highest BCUT2D eigenvalue weighted by Gasteiger charge is 2.10. The summed E-state index contributed by atoms with van der Waals surface area (Å²) in [7, 11) is 0. The normalized spacial score (nSPS) is 15.4. The van der Waals surface area contributed by atoms with Gasteiger partial charge in [0, 0.05) is 17.3 Å². The van der Waals surface area contributed by atoms with Crippen molar-refractivity contribution in [2.75, 3.05) is 0 Å². The Hall–Kier alpha value is -0.600. The molecule has 0 aliphatic rings. The van der Waals surface area contributed by atoms with Gasteiger partial charge in [-0.2, -0.15) is 0 Å². The highest BCUT2D eigenvalue weighted by atomic mass is 35.5. The second kappa shape index (κ2) is 4.58. The predicted molar refractivity (Wildman–Crippen MR) is 53.9 cm³/mol. The van der Waals surface area contributed by atoms with Crippen LogP contribution in [-0.2, 0) is 0 Å². The minimum absolute atomic E-state index is 0.0173. The van der Waals surface area contributed by atoms with Gasteiger partial charge >= 0.3 is 0 Å². The summed E-state index contributed by atoms with van der Waals surface area (Å²) in [6.45, 7) is 3.78. The molecule has 0 saturated heterocycles. The second-order valence-corrected chi connectivity index (χ2v) is 4.01. The molecule has 1 aromatic heterocycles. The number of aliphatic hydroxyl groups excluding tert-OH is 1. The first-order chi connectivity index (χ1) is 6.09. The van der Waals surface area contributed by atoms with Crippen LogP contribution in [0.4, 0.5) is 0 Å². The monoisotopic (exact) mass is 199 g/mol. The molecule has 0 spiro atoms. The SMILES string of the molecule is Cc1ccc(C(O)CC(C)Cl)cn1. The standard InChI is InChI=1S/C10H14ClNO/c1-7(11)5-10(13)9-4-3-8(2)12-6-9/h3-4,6-7,10,13H,5H2,1-2H3. The quantitative estimate of drug-likeness (QED) is 0.759. The fraction of sp³-hybridized carbons (Fsp3) is 0.500. The van der Waals surface area contributed by atoms with Gasteiger partial charge < -0.3 is 5.11 Å². The van der Waals surface area contributed by atoms with Crippen LogP contribution in [0.1, 0.15) is 30.7 Å². The van der Waals surface area contributed by atoms with Gasteiger partial charge in [-0.15, -0.1) is 11.6 Å². The number of nitrogens with zero attached hydrogens (tertiary/aromatic N) is 1. The van der Waals surface area contributed by atoms with Crippen LogP contribution < -0.4 is 0 Å². The summed E-state index contributed by atoms with van der Waals surface area (Å²) < 4.78 is 0. The Morgan fingerprint density at radius 1 is 1.54 bits per heavy atom. The Morgan fingerprint density at radius 2 is 2.23 bits per heavy atom. The molecule has 3 heteroatoms. The van der Waals surface area contributed by atoms with Crippen LogP contribution in [0.5, 0.6) is 0 Å². The van der Waals surface area contributed by atoms with E-state index in [1.54, 1.807) is 6.20 Å². The molecule has 13 heavy (non-hydrogen) atoms. The Balaban J connectivity index is 2.66. The number of aromatic nitrogens is 1. The van der Waals surface area contributed by atoms with E-state index in [1.807, 2.05) is 26.0 Å². The van der Waals surface area contributed by atoms with Gasteiger partial charge in [-0.25, -0.2) is 0 Å². The fourth-order valence-electron chi connectivity index (χ4n) is 1.12. The molecule has 1 heterocycles. The number of halogens is 1. The zero-order valence-corrected chi connectivity index (χ0v) is 8.62. The molecule has 0 amide bonds. The Kier molecular flexibility index (Phi) is 3.70. The number of hydrogen-bond acceptors (Lipinski definition) is 2. The molecule has 0 aromatic carbocycles. The van der Waals surface area contributed by atoms with Crippen molar-refractivity contribution in [3.05, 3.63) is 29.6 Å². The van der Waals surface area contributed by atoms with E-state index in [0.717, 1.165) is 11.3 Å². The molecule has 2 atom stereocenters. The van der Waals surface area contributed by atoms with Gasteiger partial charge in [0.15, 0.2) is 0 Å². The highest BCUT2D eigenvalue weighted by molar-refractivity contribution is 6.20. The van der Waals surface area contributed by atoms with E-state index < -0.39 is 6.10 Å². The number of hydrogen-bond donors (Lipinski definition) is 1. The molecule has 1 rings (SSSR count). The van der Waals surface area contributed by atoms with E-state index in [1.165, 1.54) is 0 Å². The predicted octanol–water partition coefficient (Wildman–Crippen LogP) is 2.44. The van der Waals surface area contributed by atoms with Crippen molar-refractivity contribution in [3.63, 3.8) is 0 Å². The molecular weight excluding hydrogens is 186 g/mol. The van der Waals surface area contributed by atoms with E-state index in [9.17, 15) is 5.11 Å². The molecule has 0 aliphatic heterocycles. The van der Waals surface area contributed by atoms with Crippen LogP contribution in [0.3, 0.4) is 0 Å². The van der Waals surface area contributed by atoms with Crippen LogP contribution in [0.15, 0.2) is 18.3 Å². The molecular formula is C10H14ClNO. The maximum Gasteiger partial charge on any atom is 0.0818 e. The van der Waals surface area contributed by atoms with Gasteiger partial charge in [0.2, 0.25) is 0 Å². The summed E-state index contributed by atoms with van der Waals surface area (Å²) in [5.41, 5.74) is 1.79. The number of alkyl halides is 1. The number of aliphatic hydroxyl groups is 1. The first-order valence-electron chi connectivity index (χ1n) is 4.34. The van der Waals surface area contributed by atoms with E-state index in [4.69, 9.17) is 11.6 Å². The molecule has 2 nitrogen and oxygen atoms in total. The third-order valence-electron chi connectivity index (χ3n) is 1.87. The van der Waals surface area contributed by atoms with Gasteiger partial charge in [-0.05, 0) is 31.9 Å². The summed E-state index contributed by atoms with van der Waals surface area (Å²) >= 11 is 5.77. The number of rotatable bonds is 3. The first kappa shape index (κ1) is 10.5.